The molecule has 3 rings (SSSR count). The standard InChI is InChI=1S/C19H17N3OS/c1-13-7-9-15(10-8-13)11-16(12-20)24-19-22-21-18(23-19)17-6-4-3-5-14(17)2/h3-10,16H,11H2,1-2H3/t16-/m0/s1. The van der Waals surface area contributed by atoms with Gasteiger partial charge < -0.3 is 4.42 Å². The van der Waals surface area contributed by atoms with E-state index < -0.39 is 0 Å². The quantitative estimate of drug-likeness (QED) is 0.639. The van der Waals surface area contributed by atoms with Gasteiger partial charge in [0.05, 0.1) is 6.07 Å². The van der Waals surface area contributed by atoms with Crippen LogP contribution in [0.3, 0.4) is 0 Å². The predicted molar refractivity (Wildman–Crippen MR) is 94.6 cm³/mol. The van der Waals surface area contributed by atoms with Crippen molar-refractivity contribution < 1.29 is 4.42 Å². The molecule has 0 aliphatic rings. The van der Waals surface area contributed by atoms with Gasteiger partial charge in [-0.15, -0.1) is 10.2 Å². The van der Waals surface area contributed by atoms with E-state index in [9.17, 15) is 5.26 Å². The molecule has 2 aromatic carbocycles. The van der Waals surface area contributed by atoms with Gasteiger partial charge in [-0.25, -0.2) is 0 Å². The van der Waals surface area contributed by atoms with Crippen molar-refractivity contribution in [2.75, 3.05) is 0 Å². The maximum atomic E-state index is 9.41. The van der Waals surface area contributed by atoms with Crippen LogP contribution in [0.25, 0.3) is 11.5 Å². The lowest BCUT2D eigenvalue weighted by Crippen LogP contribution is -2.03. The smallest absolute Gasteiger partial charge is 0.278 e. The molecule has 4 nitrogen and oxygen atoms in total. The van der Waals surface area contributed by atoms with Crippen LogP contribution in [0.2, 0.25) is 0 Å². The average molecular weight is 335 g/mol. The molecule has 0 unspecified atom stereocenters. The van der Waals surface area contributed by atoms with Crippen molar-refractivity contribution >= 4 is 11.8 Å². The minimum atomic E-state index is -0.266. The minimum Gasteiger partial charge on any atom is -0.411 e. The van der Waals surface area contributed by atoms with Gasteiger partial charge in [0.2, 0.25) is 5.89 Å². The zero-order valence-electron chi connectivity index (χ0n) is 13.6. The van der Waals surface area contributed by atoms with Gasteiger partial charge in [0.25, 0.3) is 5.22 Å². The fraction of sp³-hybridized carbons (Fsp3) is 0.211. The van der Waals surface area contributed by atoms with Gasteiger partial charge >= 0.3 is 0 Å². The Balaban J connectivity index is 1.72. The van der Waals surface area contributed by atoms with Crippen molar-refractivity contribution in [2.24, 2.45) is 0 Å². The summed E-state index contributed by atoms with van der Waals surface area (Å²) in [6, 6.07) is 18.4. The van der Waals surface area contributed by atoms with Crippen LogP contribution < -0.4 is 0 Å². The molecule has 0 radical (unpaired) electrons. The number of thioether (sulfide) groups is 1. The molecule has 0 amide bonds. The van der Waals surface area contributed by atoms with Crippen molar-refractivity contribution in [3.63, 3.8) is 0 Å². The third kappa shape index (κ3) is 3.84. The maximum Gasteiger partial charge on any atom is 0.278 e. The van der Waals surface area contributed by atoms with E-state index in [1.54, 1.807) is 0 Å². The molecule has 0 fully saturated rings. The van der Waals surface area contributed by atoms with Crippen molar-refractivity contribution in [2.45, 2.75) is 30.7 Å². The number of benzene rings is 2. The second-order valence-electron chi connectivity index (χ2n) is 5.61. The number of hydrogen-bond acceptors (Lipinski definition) is 5. The number of aryl methyl sites for hydroxylation is 2. The van der Waals surface area contributed by atoms with Crippen LogP contribution >= 0.6 is 11.8 Å². The SMILES string of the molecule is Cc1ccc(C[C@@H](C#N)Sc2nnc(-c3ccccc3C)o2)cc1. The van der Waals surface area contributed by atoms with Crippen molar-refractivity contribution in [3.8, 4) is 17.5 Å². The Morgan fingerprint density at radius 2 is 1.83 bits per heavy atom. The lowest BCUT2D eigenvalue weighted by molar-refractivity contribution is 0.465. The number of aromatic nitrogens is 2. The van der Waals surface area contributed by atoms with Gasteiger partial charge in [0, 0.05) is 5.56 Å². The Hall–Kier alpha value is -2.58. The van der Waals surface area contributed by atoms with Crippen LogP contribution in [0.15, 0.2) is 58.2 Å². The Morgan fingerprint density at radius 3 is 2.54 bits per heavy atom. The Morgan fingerprint density at radius 1 is 1.08 bits per heavy atom. The van der Waals surface area contributed by atoms with E-state index in [0.29, 0.717) is 17.5 Å². The molecule has 1 atom stereocenters. The van der Waals surface area contributed by atoms with Crippen LogP contribution in [0.5, 0.6) is 0 Å². The van der Waals surface area contributed by atoms with E-state index in [1.807, 2.05) is 50.2 Å². The minimum absolute atomic E-state index is 0.266. The molecule has 3 aromatic rings. The van der Waals surface area contributed by atoms with Gasteiger partial charge in [-0.3, -0.25) is 0 Å². The number of rotatable bonds is 5. The van der Waals surface area contributed by atoms with E-state index in [2.05, 4.69) is 28.4 Å². The second-order valence-corrected chi connectivity index (χ2v) is 6.77. The third-order valence-corrected chi connectivity index (χ3v) is 4.63. The molecule has 0 aliphatic heterocycles. The zero-order chi connectivity index (χ0) is 16.9. The number of nitriles is 1. The summed E-state index contributed by atoms with van der Waals surface area (Å²) in [6.45, 7) is 4.05. The first-order chi connectivity index (χ1) is 11.7. The molecule has 24 heavy (non-hydrogen) atoms. The summed E-state index contributed by atoms with van der Waals surface area (Å²) < 4.78 is 5.73. The molecular weight excluding hydrogens is 318 g/mol. The highest BCUT2D eigenvalue weighted by atomic mass is 32.2. The lowest BCUT2D eigenvalue weighted by atomic mass is 10.1. The van der Waals surface area contributed by atoms with Crippen LogP contribution in [-0.2, 0) is 6.42 Å². The number of hydrogen-bond donors (Lipinski definition) is 0. The summed E-state index contributed by atoms with van der Waals surface area (Å²) in [4.78, 5) is 0. The number of nitrogens with zero attached hydrogens (tertiary/aromatic N) is 3. The molecule has 1 aromatic heterocycles. The summed E-state index contributed by atoms with van der Waals surface area (Å²) in [6.07, 6.45) is 0.642. The summed E-state index contributed by atoms with van der Waals surface area (Å²) in [7, 11) is 0. The van der Waals surface area contributed by atoms with Crippen LogP contribution in [0.4, 0.5) is 0 Å². The molecule has 0 N–H and O–H groups in total. The fourth-order valence-electron chi connectivity index (χ4n) is 2.35. The van der Waals surface area contributed by atoms with E-state index in [4.69, 9.17) is 4.42 Å². The predicted octanol–water partition coefficient (Wildman–Crippen LogP) is 4.58. The molecule has 1 heterocycles. The Kier molecular flexibility index (Phi) is 4.97. The molecular formula is C19H17N3OS. The Labute approximate surface area is 145 Å². The monoisotopic (exact) mass is 335 g/mol. The highest BCUT2D eigenvalue weighted by Gasteiger charge is 2.17. The summed E-state index contributed by atoms with van der Waals surface area (Å²) >= 11 is 1.31. The summed E-state index contributed by atoms with van der Waals surface area (Å²) in [5.74, 6) is 0.489. The first kappa shape index (κ1) is 16.3. The molecule has 0 aliphatic carbocycles. The second kappa shape index (κ2) is 7.33. The third-order valence-electron chi connectivity index (χ3n) is 3.71. The van der Waals surface area contributed by atoms with Crippen molar-refractivity contribution in [1.82, 2.24) is 10.2 Å². The van der Waals surface area contributed by atoms with Crippen LogP contribution in [-0.4, -0.2) is 15.4 Å². The highest BCUT2D eigenvalue weighted by molar-refractivity contribution is 7.99. The van der Waals surface area contributed by atoms with Crippen molar-refractivity contribution in [1.29, 1.82) is 5.26 Å². The zero-order valence-corrected chi connectivity index (χ0v) is 14.4. The first-order valence-electron chi connectivity index (χ1n) is 7.67. The van der Waals surface area contributed by atoms with E-state index in [-0.39, 0.29) is 5.25 Å². The maximum absolute atomic E-state index is 9.41. The summed E-state index contributed by atoms with van der Waals surface area (Å²) in [5.41, 5.74) is 4.33. The van der Waals surface area contributed by atoms with Gasteiger partial charge in [-0.2, -0.15) is 5.26 Å². The highest BCUT2D eigenvalue weighted by Crippen LogP contribution is 2.28. The van der Waals surface area contributed by atoms with E-state index >= 15 is 0 Å². The van der Waals surface area contributed by atoms with E-state index in [1.165, 1.54) is 17.3 Å². The van der Waals surface area contributed by atoms with Gasteiger partial charge in [-0.05, 0) is 49.2 Å². The molecule has 0 saturated heterocycles. The van der Waals surface area contributed by atoms with E-state index in [0.717, 1.165) is 16.7 Å². The van der Waals surface area contributed by atoms with Gasteiger partial charge in [0.1, 0.15) is 5.25 Å². The Bertz CT molecular complexity index is 865. The van der Waals surface area contributed by atoms with Crippen LogP contribution in [0, 0.1) is 25.2 Å². The van der Waals surface area contributed by atoms with Crippen LogP contribution in [0.1, 0.15) is 16.7 Å². The lowest BCUT2D eigenvalue weighted by Gasteiger charge is -2.06. The normalized spacial score (nSPS) is 11.9. The molecule has 120 valence electrons. The molecule has 0 saturated carbocycles. The topological polar surface area (TPSA) is 62.7 Å². The molecule has 5 heteroatoms. The molecule has 0 bridgehead atoms. The van der Waals surface area contributed by atoms with Gasteiger partial charge in [0.15, 0.2) is 0 Å². The van der Waals surface area contributed by atoms with Crippen molar-refractivity contribution in [3.05, 3.63) is 65.2 Å². The fourth-order valence-corrected chi connectivity index (χ4v) is 3.14. The average Bonchev–Trinajstić information content (AvgIpc) is 3.05. The largest absolute Gasteiger partial charge is 0.411 e. The van der Waals surface area contributed by atoms with Gasteiger partial charge in [-0.1, -0.05) is 48.0 Å². The summed E-state index contributed by atoms with van der Waals surface area (Å²) in [5, 5.41) is 17.7. The first-order valence-corrected chi connectivity index (χ1v) is 8.55. The molecule has 0 spiro atoms.